The highest BCUT2D eigenvalue weighted by Crippen LogP contribution is 2.24. The van der Waals surface area contributed by atoms with Gasteiger partial charge in [-0.2, -0.15) is 0 Å². The number of amides is 2. The number of anilines is 1. The maximum Gasteiger partial charge on any atom is 0.260 e. The summed E-state index contributed by atoms with van der Waals surface area (Å²) in [7, 11) is -1.46. The van der Waals surface area contributed by atoms with Gasteiger partial charge in [0.15, 0.2) is 16.4 Å². The van der Waals surface area contributed by atoms with Crippen LogP contribution in [0.2, 0.25) is 0 Å². The fourth-order valence-electron chi connectivity index (χ4n) is 2.41. The lowest BCUT2D eigenvalue weighted by atomic mass is 10.2. The van der Waals surface area contributed by atoms with E-state index in [0.29, 0.717) is 17.9 Å². The molecule has 7 nitrogen and oxygen atoms in total. The average molecular weight is 340 g/mol. The zero-order chi connectivity index (χ0) is 17.0. The van der Waals surface area contributed by atoms with Gasteiger partial charge in [0, 0.05) is 20.0 Å². The first-order valence-electron chi connectivity index (χ1n) is 7.24. The van der Waals surface area contributed by atoms with Crippen molar-refractivity contribution in [1.29, 1.82) is 0 Å². The van der Waals surface area contributed by atoms with E-state index >= 15 is 0 Å². The van der Waals surface area contributed by atoms with E-state index in [1.807, 2.05) is 0 Å². The van der Waals surface area contributed by atoms with E-state index in [2.05, 4.69) is 5.32 Å². The largest absolute Gasteiger partial charge is 0.482 e. The lowest BCUT2D eigenvalue weighted by molar-refractivity contribution is -0.133. The summed E-state index contributed by atoms with van der Waals surface area (Å²) in [6.45, 7) is 1.17. The molecule has 23 heavy (non-hydrogen) atoms. The molecule has 1 aromatic rings. The van der Waals surface area contributed by atoms with E-state index in [0.717, 1.165) is 0 Å². The summed E-state index contributed by atoms with van der Waals surface area (Å²) in [6, 6.07) is 6.50. The molecular weight excluding hydrogens is 320 g/mol. The van der Waals surface area contributed by atoms with Crippen molar-refractivity contribution in [2.45, 2.75) is 19.4 Å². The molecule has 126 valence electrons. The number of hydrogen-bond acceptors (Lipinski definition) is 5. The van der Waals surface area contributed by atoms with Crippen LogP contribution >= 0.6 is 0 Å². The third kappa shape index (κ3) is 4.69. The van der Waals surface area contributed by atoms with Crippen LogP contribution in [0.1, 0.15) is 13.3 Å². The van der Waals surface area contributed by atoms with E-state index in [1.54, 1.807) is 31.3 Å². The van der Waals surface area contributed by atoms with Gasteiger partial charge in [0.05, 0.1) is 17.2 Å². The summed E-state index contributed by atoms with van der Waals surface area (Å²) in [4.78, 5) is 24.7. The lowest BCUT2D eigenvalue weighted by Gasteiger charge is -2.23. The topological polar surface area (TPSA) is 92.8 Å². The fourth-order valence-corrected chi connectivity index (χ4v) is 4.19. The zero-order valence-corrected chi connectivity index (χ0v) is 13.9. The van der Waals surface area contributed by atoms with Crippen LogP contribution in [-0.4, -0.2) is 56.3 Å². The smallest absolute Gasteiger partial charge is 0.260 e. The molecule has 1 N–H and O–H groups in total. The second kappa shape index (κ2) is 6.99. The molecule has 8 heteroatoms. The Morgan fingerprint density at radius 2 is 2.04 bits per heavy atom. The summed E-state index contributed by atoms with van der Waals surface area (Å²) in [5.74, 6) is -0.0342. The van der Waals surface area contributed by atoms with Crippen molar-refractivity contribution in [1.82, 2.24) is 4.90 Å². The molecule has 0 aliphatic carbocycles. The number of nitrogens with zero attached hydrogens (tertiary/aromatic N) is 1. The zero-order valence-electron chi connectivity index (χ0n) is 13.1. The third-order valence-corrected chi connectivity index (χ3v) is 5.45. The Kier molecular flexibility index (Phi) is 5.25. The Hall–Kier alpha value is -2.09. The number of carbonyl (C=O) groups excluding carboxylic acids is 2. The number of ether oxygens (including phenoxy) is 1. The molecule has 1 aromatic carbocycles. The molecule has 0 spiro atoms. The van der Waals surface area contributed by atoms with Gasteiger partial charge < -0.3 is 15.0 Å². The third-order valence-electron chi connectivity index (χ3n) is 3.70. The highest BCUT2D eigenvalue weighted by molar-refractivity contribution is 7.91. The van der Waals surface area contributed by atoms with E-state index < -0.39 is 9.84 Å². The average Bonchev–Trinajstić information content (AvgIpc) is 2.85. The molecule has 0 bridgehead atoms. The molecule has 1 aliphatic rings. The van der Waals surface area contributed by atoms with Gasteiger partial charge in [-0.3, -0.25) is 9.59 Å². The van der Waals surface area contributed by atoms with Crippen molar-refractivity contribution in [3.05, 3.63) is 24.3 Å². The van der Waals surface area contributed by atoms with Gasteiger partial charge in [-0.25, -0.2) is 8.42 Å². The Morgan fingerprint density at radius 3 is 2.65 bits per heavy atom. The molecule has 1 atom stereocenters. The number of hydrogen-bond donors (Lipinski definition) is 1. The van der Waals surface area contributed by atoms with Crippen LogP contribution in [0.3, 0.4) is 0 Å². The van der Waals surface area contributed by atoms with Crippen molar-refractivity contribution in [3.8, 4) is 5.75 Å². The molecule has 1 fully saturated rings. The minimum Gasteiger partial charge on any atom is -0.482 e. The molecule has 1 heterocycles. The van der Waals surface area contributed by atoms with Crippen molar-refractivity contribution >= 4 is 27.3 Å². The summed E-state index contributed by atoms with van der Waals surface area (Å²) in [5.41, 5.74) is 0.485. The second-order valence-corrected chi connectivity index (χ2v) is 7.76. The van der Waals surface area contributed by atoms with Crippen molar-refractivity contribution < 1.29 is 22.7 Å². The van der Waals surface area contributed by atoms with Gasteiger partial charge in [0.25, 0.3) is 5.91 Å². The van der Waals surface area contributed by atoms with Crippen LogP contribution in [0.4, 0.5) is 5.69 Å². The summed E-state index contributed by atoms with van der Waals surface area (Å²) in [5, 5.41) is 2.62. The number of likely N-dealkylation sites (N-methyl/N-ethyl adjacent to an activating group) is 1. The van der Waals surface area contributed by atoms with Crippen molar-refractivity contribution in [2.75, 3.05) is 30.5 Å². The lowest BCUT2D eigenvalue weighted by Crippen LogP contribution is -2.40. The summed E-state index contributed by atoms with van der Waals surface area (Å²) >= 11 is 0. The normalized spacial score (nSPS) is 19.1. The van der Waals surface area contributed by atoms with Gasteiger partial charge >= 0.3 is 0 Å². The molecule has 0 unspecified atom stereocenters. The number of nitrogens with one attached hydrogen (secondary N) is 1. The van der Waals surface area contributed by atoms with Crippen LogP contribution in [0.15, 0.2) is 24.3 Å². The van der Waals surface area contributed by atoms with E-state index in [4.69, 9.17) is 4.74 Å². The first kappa shape index (κ1) is 17.3. The Labute approximate surface area is 135 Å². The minimum atomic E-state index is -3.04. The summed E-state index contributed by atoms with van der Waals surface area (Å²) < 4.78 is 28.4. The highest BCUT2D eigenvalue weighted by Gasteiger charge is 2.32. The van der Waals surface area contributed by atoms with E-state index in [-0.39, 0.29) is 36.0 Å². The molecule has 1 aliphatic heterocycles. The Morgan fingerprint density at radius 1 is 1.35 bits per heavy atom. The maximum atomic E-state index is 12.2. The second-order valence-electron chi connectivity index (χ2n) is 5.53. The van der Waals surface area contributed by atoms with Gasteiger partial charge in [0.1, 0.15) is 5.75 Å². The van der Waals surface area contributed by atoms with Crippen LogP contribution in [-0.2, 0) is 19.4 Å². The van der Waals surface area contributed by atoms with Gasteiger partial charge in [-0.15, -0.1) is 0 Å². The van der Waals surface area contributed by atoms with Crippen molar-refractivity contribution in [2.24, 2.45) is 0 Å². The predicted molar refractivity (Wildman–Crippen MR) is 86.1 cm³/mol. The first-order chi connectivity index (χ1) is 10.8. The molecule has 0 aromatic heterocycles. The Bertz CT molecular complexity index is 702. The van der Waals surface area contributed by atoms with Gasteiger partial charge in [-0.05, 0) is 18.6 Å². The maximum absolute atomic E-state index is 12.2. The van der Waals surface area contributed by atoms with E-state index in [9.17, 15) is 18.0 Å². The number of carbonyl (C=O) groups is 2. The molecular formula is C15H20N2O5S. The first-order valence-corrected chi connectivity index (χ1v) is 9.06. The molecule has 2 rings (SSSR count). The molecule has 0 saturated carbocycles. The fraction of sp³-hybridized carbons (Fsp3) is 0.467. The van der Waals surface area contributed by atoms with Gasteiger partial charge in [-0.1, -0.05) is 12.1 Å². The standard InChI is InChI=1S/C15H20N2O5S/c1-11(18)16-13-5-3-4-6-14(13)22-9-15(19)17(2)12-7-8-23(20,21)10-12/h3-6,12H,7-10H2,1-2H3,(H,16,18)/t12-/m1/s1. The van der Waals surface area contributed by atoms with Crippen LogP contribution in [0.5, 0.6) is 5.75 Å². The highest BCUT2D eigenvalue weighted by atomic mass is 32.2. The monoisotopic (exact) mass is 340 g/mol. The SMILES string of the molecule is CC(=O)Nc1ccccc1OCC(=O)N(C)[C@@H]1CCS(=O)(=O)C1. The van der Waals surface area contributed by atoms with Crippen LogP contribution in [0.25, 0.3) is 0 Å². The quantitative estimate of drug-likeness (QED) is 0.850. The minimum absolute atomic E-state index is 0.00226. The van der Waals surface area contributed by atoms with Gasteiger partial charge in [0.2, 0.25) is 5.91 Å². The van der Waals surface area contributed by atoms with E-state index in [1.165, 1.54) is 11.8 Å². The van der Waals surface area contributed by atoms with Crippen molar-refractivity contribution in [3.63, 3.8) is 0 Å². The predicted octanol–water partition coefficient (Wildman–Crippen LogP) is 0.669. The number of para-hydroxylation sites is 2. The van der Waals surface area contributed by atoms with Crippen LogP contribution < -0.4 is 10.1 Å². The number of benzene rings is 1. The number of sulfone groups is 1. The Balaban J connectivity index is 1.95. The number of rotatable bonds is 5. The molecule has 0 radical (unpaired) electrons. The molecule has 1 saturated heterocycles. The molecule has 2 amide bonds. The summed E-state index contributed by atoms with van der Waals surface area (Å²) in [6.07, 6.45) is 0.451. The van der Waals surface area contributed by atoms with Crippen LogP contribution in [0, 0.1) is 0 Å².